The van der Waals surface area contributed by atoms with Crippen LogP contribution in [-0.2, 0) is 14.3 Å². The Kier molecular flexibility index (Phi) is 4.36. The monoisotopic (exact) mass is 312 g/mol. The van der Waals surface area contributed by atoms with E-state index in [0.717, 1.165) is 0 Å². The summed E-state index contributed by atoms with van der Waals surface area (Å²) in [5, 5.41) is 0. The first-order valence-corrected chi connectivity index (χ1v) is 6.58. The van der Waals surface area contributed by atoms with Crippen molar-refractivity contribution in [3.63, 3.8) is 0 Å². The first-order chi connectivity index (χ1) is 9.74. The summed E-state index contributed by atoms with van der Waals surface area (Å²) in [7, 11) is 0. The van der Waals surface area contributed by atoms with E-state index in [1.165, 1.54) is 0 Å². The van der Waals surface area contributed by atoms with Gasteiger partial charge in [0.15, 0.2) is 0 Å². The second-order valence-corrected chi connectivity index (χ2v) is 6.67. The van der Waals surface area contributed by atoms with Gasteiger partial charge in [-0.1, -0.05) is 6.58 Å². The van der Waals surface area contributed by atoms with Gasteiger partial charge in [0.2, 0.25) is 0 Å². The highest BCUT2D eigenvalue weighted by Gasteiger charge is 2.49. The molecule has 0 aromatic heterocycles. The van der Waals surface area contributed by atoms with Crippen LogP contribution in [0.15, 0.2) is 12.3 Å². The molecule has 1 fully saturated rings. The highest BCUT2D eigenvalue weighted by atomic mass is 16.6. The molecule has 0 saturated carbocycles. The Labute approximate surface area is 128 Å². The van der Waals surface area contributed by atoms with Crippen molar-refractivity contribution in [2.24, 2.45) is 0 Å². The third-order valence-corrected chi connectivity index (χ3v) is 2.25. The molecule has 8 nitrogen and oxygen atoms in total. The zero-order valence-electron chi connectivity index (χ0n) is 13.6. The number of hydrogen-bond donors (Lipinski definition) is 0. The normalized spacial score (nSPS) is 16.2. The average Bonchev–Trinajstić information content (AvgIpc) is 2.44. The fourth-order valence-electron chi connectivity index (χ4n) is 1.49. The Bertz CT molecular complexity index is 505. The minimum Gasteiger partial charge on any atom is -0.443 e. The summed E-state index contributed by atoms with van der Waals surface area (Å²) in [5.41, 5.74) is -2.25. The lowest BCUT2D eigenvalue weighted by Crippen LogP contribution is -2.43. The van der Waals surface area contributed by atoms with Gasteiger partial charge in [-0.2, -0.15) is 9.80 Å². The zero-order valence-corrected chi connectivity index (χ0v) is 13.6. The van der Waals surface area contributed by atoms with Crippen molar-refractivity contribution in [3.8, 4) is 0 Å². The summed E-state index contributed by atoms with van der Waals surface area (Å²) < 4.78 is 9.98. The van der Waals surface area contributed by atoms with Gasteiger partial charge in [-0.05, 0) is 41.5 Å². The summed E-state index contributed by atoms with van der Waals surface area (Å²) >= 11 is 0. The van der Waals surface area contributed by atoms with E-state index in [2.05, 4.69) is 6.58 Å². The van der Waals surface area contributed by atoms with Crippen molar-refractivity contribution < 1.29 is 28.7 Å². The van der Waals surface area contributed by atoms with E-state index >= 15 is 0 Å². The van der Waals surface area contributed by atoms with Crippen molar-refractivity contribution in [2.45, 2.75) is 52.7 Å². The topological polar surface area (TPSA) is 93.2 Å². The Morgan fingerprint density at radius 1 is 0.864 bits per heavy atom. The van der Waals surface area contributed by atoms with E-state index in [-0.39, 0.29) is 4.90 Å². The summed E-state index contributed by atoms with van der Waals surface area (Å²) in [6, 6.07) is -1.17. The molecular weight excluding hydrogens is 292 g/mol. The Balaban J connectivity index is 3.01. The van der Waals surface area contributed by atoms with Crippen molar-refractivity contribution in [2.75, 3.05) is 0 Å². The smallest absolute Gasteiger partial charge is 0.425 e. The second-order valence-electron chi connectivity index (χ2n) is 6.67. The Morgan fingerprint density at radius 2 is 1.23 bits per heavy atom. The predicted octanol–water partition coefficient (Wildman–Crippen LogP) is 2.63. The lowest BCUT2D eigenvalue weighted by atomic mass is 10.2. The van der Waals surface area contributed by atoms with Gasteiger partial charge in [0, 0.05) is 0 Å². The van der Waals surface area contributed by atoms with Gasteiger partial charge in [0.05, 0.1) is 0 Å². The Morgan fingerprint density at radius 3 is 1.59 bits per heavy atom. The zero-order chi connectivity index (χ0) is 17.5. The Hall–Kier alpha value is -2.38. The number of hydrogen-bond acceptors (Lipinski definition) is 6. The number of amides is 5. The number of carbonyl (C=O) groups excluding carboxylic acids is 4. The minimum absolute atomic E-state index is 0.220. The van der Waals surface area contributed by atoms with Crippen LogP contribution in [0.2, 0.25) is 0 Å². The molecule has 1 aliphatic rings. The van der Waals surface area contributed by atoms with Gasteiger partial charge in [-0.3, -0.25) is 4.79 Å². The quantitative estimate of drug-likeness (QED) is 0.504. The van der Waals surface area contributed by atoms with Crippen LogP contribution in [0.1, 0.15) is 41.5 Å². The maximum absolute atomic E-state index is 12.1. The molecule has 8 heteroatoms. The van der Waals surface area contributed by atoms with Gasteiger partial charge >= 0.3 is 18.2 Å². The molecule has 0 unspecified atom stereocenters. The first-order valence-electron chi connectivity index (χ1n) is 6.58. The van der Waals surface area contributed by atoms with Crippen LogP contribution in [0.3, 0.4) is 0 Å². The molecule has 122 valence electrons. The van der Waals surface area contributed by atoms with E-state index in [4.69, 9.17) is 9.47 Å². The predicted molar refractivity (Wildman–Crippen MR) is 75.7 cm³/mol. The van der Waals surface area contributed by atoms with Gasteiger partial charge < -0.3 is 9.47 Å². The lowest BCUT2D eigenvalue weighted by Gasteiger charge is -2.23. The van der Waals surface area contributed by atoms with Crippen molar-refractivity contribution in [3.05, 3.63) is 12.3 Å². The van der Waals surface area contributed by atoms with E-state index in [1.54, 1.807) is 41.5 Å². The number of ether oxygens (including phenoxy) is 2. The molecule has 0 atom stereocenters. The van der Waals surface area contributed by atoms with E-state index in [9.17, 15) is 19.2 Å². The summed E-state index contributed by atoms with van der Waals surface area (Å²) in [6.07, 6.45) is -2.25. The van der Waals surface area contributed by atoms with Crippen LogP contribution in [0.4, 0.5) is 14.4 Å². The molecule has 0 N–H and O–H groups in total. The van der Waals surface area contributed by atoms with Crippen molar-refractivity contribution in [1.29, 1.82) is 0 Å². The highest BCUT2D eigenvalue weighted by Crippen LogP contribution is 2.24. The number of nitrogens with zero attached hydrogens (tertiary/aromatic N) is 2. The fraction of sp³-hybridized carbons (Fsp3) is 0.571. The largest absolute Gasteiger partial charge is 0.443 e. The van der Waals surface area contributed by atoms with E-state index in [0.29, 0.717) is 4.90 Å². The molecule has 0 aromatic rings. The second kappa shape index (κ2) is 5.43. The molecule has 1 aliphatic heterocycles. The van der Waals surface area contributed by atoms with Crippen LogP contribution in [0, 0.1) is 0 Å². The van der Waals surface area contributed by atoms with Crippen LogP contribution in [0.5, 0.6) is 0 Å². The molecule has 1 saturated heterocycles. The van der Waals surface area contributed by atoms with Crippen molar-refractivity contribution >= 4 is 24.1 Å². The third kappa shape index (κ3) is 3.84. The maximum Gasteiger partial charge on any atom is 0.425 e. The molecular formula is C14H20N2O6. The third-order valence-electron chi connectivity index (χ3n) is 2.25. The number of carbonyl (C=O) groups is 4. The van der Waals surface area contributed by atoms with Gasteiger partial charge in [-0.25, -0.2) is 14.4 Å². The average molecular weight is 312 g/mol. The summed E-state index contributed by atoms with van der Waals surface area (Å²) in [5.74, 6) is -1.02. The molecule has 1 heterocycles. The summed E-state index contributed by atoms with van der Waals surface area (Å²) in [4.78, 5) is 48.7. The van der Waals surface area contributed by atoms with Crippen LogP contribution in [0.25, 0.3) is 0 Å². The van der Waals surface area contributed by atoms with E-state index in [1.807, 2.05) is 0 Å². The number of urea groups is 1. The molecule has 0 radical (unpaired) electrons. The van der Waals surface area contributed by atoms with Crippen LogP contribution >= 0.6 is 0 Å². The van der Waals surface area contributed by atoms with Crippen molar-refractivity contribution in [1.82, 2.24) is 9.80 Å². The highest BCUT2D eigenvalue weighted by molar-refractivity contribution is 6.23. The number of imide groups is 4. The van der Waals surface area contributed by atoms with Crippen LogP contribution < -0.4 is 0 Å². The molecule has 0 bridgehead atoms. The molecule has 1 rings (SSSR count). The van der Waals surface area contributed by atoms with Gasteiger partial charge in [0.25, 0.3) is 5.91 Å². The number of rotatable bonds is 0. The molecule has 0 spiro atoms. The molecule has 0 aromatic carbocycles. The molecule has 5 amide bonds. The SMILES string of the molecule is C=C1C(=O)N(C(=O)OC(C)(C)C)C(=O)N1C(=O)OC(C)(C)C. The van der Waals surface area contributed by atoms with Crippen LogP contribution in [-0.4, -0.2) is 45.1 Å². The lowest BCUT2D eigenvalue weighted by molar-refractivity contribution is -0.122. The molecule has 0 aliphatic carbocycles. The van der Waals surface area contributed by atoms with Gasteiger partial charge in [-0.15, -0.1) is 0 Å². The molecule has 22 heavy (non-hydrogen) atoms. The summed E-state index contributed by atoms with van der Waals surface area (Å²) in [6.45, 7) is 12.9. The first kappa shape index (κ1) is 17.7. The van der Waals surface area contributed by atoms with E-state index < -0.39 is 41.0 Å². The fourth-order valence-corrected chi connectivity index (χ4v) is 1.49. The standard InChI is InChI=1S/C14H20N2O6/c1-8-9(17)16(12(20)22-14(5,6)7)10(18)15(8)11(19)21-13(2,3)4/h1H2,2-7H3. The minimum atomic E-state index is -1.17. The van der Waals surface area contributed by atoms with Gasteiger partial charge in [0.1, 0.15) is 16.9 Å². The maximum atomic E-state index is 12.1.